The normalized spacial score (nSPS) is 10.4. The molecule has 0 unspecified atom stereocenters. The van der Waals surface area contributed by atoms with Gasteiger partial charge in [-0.05, 0) is 35.9 Å². The zero-order valence-corrected chi connectivity index (χ0v) is 8.51. The molecular formula is C10H5Cl2NO. The second-order valence-electron chi connectivity index (χ2n) is 2.79. The molecule has 0 aliphatic heterocycles. The van der Waals surface area contributed by atoms with Gasteiger partial charge in [-0.25, -0.2) is 0 Å². The molecule has 0 radical (unpaired) electrons. The number of carbonyl (C=O) groups excluding carboxylic acids is 1. The van der Waals surface area contributed by atoms with Gasteiger partial charge in [-0.15, -0.1) is 0 Å². The van der Waals surface area contributed by atoms with Gasteiger partial charge in [-0.1, -0.05) is 11.6 Å². The summed E-state index contributed by atoms with van der Waals surface area (Å²) in [6.45, 7) is 0. The third-order valence-corrected chi connectivity index (χ3v) is 2.35. The van der Waals surface area contributed by atoms with Gasteiger partial charge in [0.2, 0.25) is 0 Å². The summed E-state index contributed by atoms with van der Waals surface area (Å²) in [5, 5.41) is 0.740. The van der Waals surface area contributed by atoms with Gasteiger partial charge in [0, 0.05) is 22.2 Å². The molecule has 1 aromatic carbocycles. The highest BCUT2D eigenvalue weighted by Crippen LogP contribution is 2.22. The highest BCUT2D eigenvalue weighted by molar-refractivity contribution is 6.68. The van der Waals surface area contributed by atoms with E-state index in [1.54, 1.807) is 30.5 Å². The van der Waals surface area contributed by atoms with Crippen LogP contribution in [-0.4, -0.2) is 10.2 Å². The minimum Gasteiger partial charge on any atom is -0.276 e. The predicted octanol–water partition coefficient (Wildman–Crippen LogP) is 3.27. The fourth-order valence-corrected chi connectivity index (χ4v) is 1.63. The van der Waals surface area contributed by atoms with E-state index < -0.39 is 5.24 Å². The van der Waals surface area contributed by atoms with Gasteiger partial charge >= 0.3 is 0 Å². The maximum Gasteiger partial charge on any atom is 0.253 e. The fourth-order valence-electron chi connectivity index (χ4n) is 1.29. The first-order chi connectivity index (χ1) is 6.68. The Bertz CT molecular complexity index is 510. The molecule has 0 aliphatic carbocycles. The van der Waals surface area contributed by atoms with Crippen molar-refractivity contribution < 1.29 is 4.79 Å². The summed E-state index contributed by atoms with van der Waals surface area (Å²) in [5.41, 5.74) is 1.14. The number of benzene rings is 1. The van der Waals surface area contributed by atoms with Crippen LogP contribution in [0.1, 0.15) is 10.4 Å². The van der Waals surface area contributed by atoms with Crippen LogP contribution in [0, 0.1) is 0 Å². The number of hydrogen-bond donors (Lipinski definition) is 0. The Labute approximate surface area is 90.5 Å². The summed E-state index contributed by atoms with van der Waals surface area (Å²) in [6, 6.07) is 6.73. The second-order valence-corrected chi connectivity index (χ2v) is 3.57. The Morgan fingerprint density at radius 3 is 2.79 bits per heavy atom. The molecule has 70 valence electrons. The molecule has 4 heteroatoms. The van der Waals surface area contributed by atoms with Crippen molar-refractivity contribution in [3.63, 3.8) is 0 Å². The first kappa shape index (κ1) is 9.44. The van der Waals surface area contributed by atoms with Gasteiger partial charge in [-0.2, -0.15) is 0 Å². The van der Waals surface area contributed by atoms with E-state index in [-0.39, 0.29) is 0 Å². The van der Waals surface area contributed by atoms with Crippen molar-refractivity contribution in [2.75, 3.05) is 0 Å². The minimum absolute atomic E-state index is 0.430. The molecule has 0 saturated heterocycles. The van der Waals surface area contributed by atoms with Gasteiger partial charge in [0.25, 0.3) is 5.24 Å². The largest absolute Gasteiger partial charge is 0.276 e. The van der Waals surface area contributed by atoms with Crippen molar-refractivity contribution in [3.05, 3.63) is 41.0 Å². The maximum atomic E-state index is 11.1. The lowest BCUT2D eigenvalue weighted by Crippen LogP contribution is -1.91. The predicted molar refractivity (Wildman–Crippen MR) is 56.9 cm³/mol. The standard InChI is InChI=1S/C10H5Cl2NO/c11-6-1-2-9-8(5-6)7(10(12)14)3-4-13-9/h1-5H. The summed E-state index contributed by atoms with van der Waals surface area (Å²) in [6.07, 6.45) is 1.55. The Morgan fingerprint density at radius 2 is 2.07 bits per heavy atom. The van der Waals surface area contributed by atoms with Crippen molar-refractivity contribution in [3.8, 4) is 0 Å². The molecule has 0 amide bonds. The van der Waals surface area contributed by atoms with Crippen molar-refractivity contribution >= 4 is 39.3 Å². The van der Waals surface area contributed by atoms with Crippen LogP contribution in [0.5, 0.6) is 0 Å². The first-order valence-corrected chi connectivity index (χ1v) is 4.68. The monoisotopic (exact) mass is 225 g/mol. The molecule has 0 bridgehead atoms. The van der Waals surface area contributed by atoms with E-state index in [2.05, 4.69) is 4.98 Å². The lowest BCUT2D eigenvalue weighted by molar-refractivity contribution is 0.108. The summed E-state index contributed by atoms with van der Waals surface area (Å²) in [7, 11) is 0. The molecule has 0 fully saturated rings. The SMILES string of the molecule is O=C(Cl)c1ccnc2ccc(Cl)cc12. The number of aromatic nitrogens is 1. The minimum atomic E-state index is -0.500. The third-order valence-electron chi connectivity index (χ3n) is 1.92. The average molecular weight is 226 g/mol. The Kier molecular flexibility index (Phi) is 2.40. The molecule has 0 atom stereocenters. The maximum absolute atomic E-state index is 11.1. The molecule has 0 N–H and O–H groups in total. The first-order valence-electron chi connectivity index (χ1n) is 3.92. The van der Waals surface area contributed by atoms with Crippen molar-refractivity contribution in [1.82, 2.24) is 4.98 Å². The van der Waals surface area contributed by atoms with E-state index >= 15 is 0 Å². The number of rotatable bonds is 1. The number of carbonyl (C=O) groups is 1. The highest BCUT2D eigenvalue weighted by Gasteiger charge is 2.07. The van der Waals surface area contributed by atoms with Crippen LogP contribution in [0.3, 0.4) is 0 Å². The number of fused-ring (bicyclic) bond motifs is 1. The topological polar surface area (TPSA) is 30.0 Å². The van der Waals surface area contributed by atoms with Crippen molar-refractivity contribution in [1.29, 1.82) is 0 Å². The molecule has 2 rings (SSSR count). The van der Waals surface area contributed by atoms with Crippen molar-refractivity contribution in [2.45, 2.75) is 0 Å². The van der Waals surface area contributed by atoms with E-state index in [4.69, 9.17) is 23.2 Å². The summed E-state index contributed by atoms with van der Waals surface area (Å²) in [5.74, 6) is 0. The van der Waals surface area contributed by atoms with E-state index in [0.717, 1.165) is 0 Å². The van der Waals surface area contributed by atoms with Crippen LogP contribution in [0.4, 0.5) is 0 Å². The van der Waals surface area contributed by atoms with Gasteiger partial charge in [0.15, 0.2) is 0 Å². The van der Waals surface area contributed by atoms with Gasteiger partial charge in [0.05, 0.1) is 5.52 Å². The molecule has 14 heavy (non-hydrogen) atoms. The zero-order chi connectivity index (χ0) is 10.1. The van der Waals surface area contributed by atoms with E-state index in [0.29, 0.717) is 21.5 Å². The smallest absolute Gasteiger partial charge is 0.253 e. The average Bonchev–Trinajstić information content (AvgIpc) is 2.16. The quantitative estimate of drug-likeness (QED) is 0.698. The van der Waals surface area contributed by atoms with Gasteiger partial charge in [-0.3, -0.25) is 9.78 Å². The molecule has 2 aromatic rings. The lowest BCUT2D eigenvalue weighted by Gasteiger charge is -2.01. The van der Waals surface area contributed by atoms with E-state index in [9.17, 15) is 4.79 Å². The Morgan fingerprint density at radius 1 is 1.29 bits per heavy atom. The number of halogens is 2. The number of nitrogens with zero attached hydrogens (tertiary/aromatic N) is 1. The van der Waals surface area contributed by atoms with Gasteiger partial charge in [0.1, 0.15) is 0 Å². The van der Waals surface area contributed by atoms with Crippen LogP contribution < -0.4 is 0 Å². The van der Waals surface area contributed by atoms with Gasteiger partial charge < -0.3 is 0 Å². The number of pyridine rings is 1. The molecule has 2 nitrogen and oxygen atoms in total. The summed E-state index contributed by atoms with van der Waals surface area (Å²) < 4.78 is 0. The number of hydrogen-bond acceptors (Lipinski definition) is 2. The molecule has 0 aliphatic rings. The van der Waals surface area contributed by atoms with E-state index in [1.807, 2.05) is 0 Å². The molecule has 0 saturated carbocycles. The second kappa shape index (κ2) is 3.56. The third kappa shape index (κ3) is 1.59. The van der Waals surface area contributed by atoms with Crippen LogP contribution >= 0.6 is 23.2 Å². The van der Waals surface area contributed by atoms with Crippen molar-refractivity contribution in [2.24, 2.45) is 0 Å². The summed E-state index contributed by atoms with van der Waals surface area (Å²) >= 11 is 11.2. The molecule has 1 heterocycles. The van der Waals surface area contributed by atoms with Crippen LogP contribution in [0.25, 0.3) is 10.9 Å². The highest BCUT2D eigenvalue weighted by atomic mass is 35.5. The van der Waals surface area contributed by atoms with Crippen LogP contribution in [-0.2, 0) is 0 Å². The Hall–Kier alpha value is -1.12. The Balaban J connectivity index is 2.84. The lowest BCUT2D eigenvalue weighted by atomic mass is 10.1. The van der Waals surface area contributed by atoms with Crippen LogP contribution in [0.15, 0.2) is 30.5 Å². The molecule has 0 spiro atoms. The summed E-state index contributed by atoms with van der Waals surface area (Å²) in [4.78, 5) is 15.2. The molecule has 1 aromatic heterocycles. The van der Waals surface area contributed by atoms with E-state index in [1.165, 1.54) is 0 Å². The fraction of sp³-hybridized carbons (Fsp3) is 0. The zero-order valence-electron chi connectivity index (χ0n) is 7.00. The molecular weight excluding hydrogens is 221 g/mol. The van der Waals surface area contributed by atoms with Crippen LogP contribution in [0.2, 0.25) is 5.02 Å².